The molecule has 2 atom stereocenters. The van der Waals surface area contributed by atoms with Crippen LogP contribution in [0.3, 0.4) is 0 Å². The minimum absolute atomic E-state index is 0.0360. The van der Waals surface area contributed by atoms with Gasteiger partial charge in [-0.25, -0.2) is 9.78 Å². The summed E-state index contributed by atoms with van der Waals surface area (Å²) >= 11 is 0. The first-order chi connectivity index (χ1) is 8.53. The highest BCUT2D eigenvalue weighted by Crippen LogP contribution is 2.32. The van der Waals surface area contributed by atoms with Crippen molar-refractivity contribution in [2.24, 2.45) is 5.92 Å². The monoisotopic (exact) mass is 252 g/mol. The maximum absolute atomic E-state index is 11.9. The number of nitrogens with one attached hydrogen (secondary N) is 2. The minimum atomic E-state index is -1.18. The van der Waals surface area contributed by atoms with Gasteiger partial charge in [0, 0.05) is 0 Å². The molecule has 1 aliphatic rings. The number of amides is 1. The minimum Gasteiger partial charge on any atom is -0.480 e. The van der Waals surface area contributed by atoms with Crippen LogP contribution in [0.25, 0.3) is 0 Å². The summed E-state index contributed by atoms with van der Waals surface area (Å²) in [7, 11) is 0. The number of nitrogens with zero attached hydrogens (tertiary/aromatic N) is 2. The van der Waals surface area contributed by atoms with Crippen molar-refractivity contribution in [1.82, 2.24) is 20.5 Å². The van der Waals surface area contributed by atoms with Gasteiger partial charge in [0.1, 0.15) is 11.9 Å². The molecule has 7 nitrogen and oxygen atoms in total. The molecule has 7 heteroatoms. The van der Waals surface area contributed by atoms with Crippen molar-refractivity contribution in [3.8, 4) is 0 Å². The largest absolute Gasteiger partial charge is 0.480 e. The molecular formula is C11H16N4O3. The number of H-pyrrole nitrogens is 1. The van der Waals surface area contributed by atoms with Gasteiger partial charge in [0.15, 0.2) is 0 Å². The van der Waals surface area contributed by atoms with Gasteiger partial charge in [0.2, 0.25) is 5.82 Å². The summed E-state index contributed by atoms with van der Waals surface area (Å²) in [5, 5.41) is 18.0. The van der Waals surface area contributed by atoms with E-state index < -0.39 is 17.4 Å². The third kappa shape index (κ3) is 2.34. The number of carbonyl (C=O) groups is 2. The molecule has 0 aromatic carbocycles. The number of aromatic amines is 1. The van der Waals surface area contributed by atoms with Crippen LogP contribution in [0.1, 0.15) is 43.2 Å². The van der Waals surface area contributed by atoms with E-state index in [0.29, 0.717) is 12.8 Å². The van der Waals surface area contributed by atoms with Crippen LogP contribution in [0.5, 0.6) is 0 Å². The lowest BCUT2D eigenvalue weighted by atomic mass is 9.76. The van der Waals surface area contributed by atoms with Gasteiger partial charge in [0.25, 0.3) is 5.91 Å². The summed E-state index contributed by atoms with van der Waals surface area (Å²) in [6, 6.07) is 0. The van der Waals surface area contributed by atoms with Crippen LogP contribution in [0.15, 0.2) is 6.33 Å². The van der Waals surface area contributed by atoms with Crippen LogP contribution >= 0.6 is 0 Å². The van der Waals surface area contributed by atoms with E-state index in [1.54, 1.807) is 0 Å². The Morgan fingerprint density at radius 1 is 1.61 bits per heavy atom. The second-order valence-corrected chi connectivity index (χ2v) is 4.88. The zero-order chi connectivity index (χ0) is 13.2. The summed E-state index contributed by atoms with van der Waals surface area (Å²) in [6.07, 6.45) is 3.90. The van der Waals surface area contributed by atoms with Crippen LogP contribution in [0, 0.1) is 5.92 Å². The first-order valence-electron chi connectivity index (χ1n) is 5.95. The van der Waals surface area contributed by atoms with Crippen molar-refractivity contribution in [3.05, 3.63) is 12.2 Å². The molecule has 0 radical (unpaired) electrons. The lowest BCUT2D eigenvalue weighted by Crippen LogP contribution is -2.57. The molecule has 0 saturated heterocycles. The van der Waals surface area contributed by atoms with Crippen molar-refractivity contribution < 1.29 is 14.7 Å². The highest BCUT2D eigenvalue weighted by molar-refractivity contribution is 5.95. The van der Waals surface area contributed by atoms with Crippen molar-refractivity contribution >= 4 is 11.9 Å². The molecule has 18 heavy (non-hydrogen) atoms. The van der Waals surface area contributed by atoms with Crippen LogP contribution in [-0.4, -0.2) is 37.7 Å². The van der Waals surface area contributed by atoms with Crippen molar-refractivity contribution in [3.63, 3.8) is 0 Å². The molecule has 0 aliphatic heterocycles. The molecule has 1 aromatic heterocycles. The molecule has 1 aromatic rings. The van der Waals surface area contributed by atoms with Crippen LogP contribution in [0.4, 0.5) is 0 Å². The summed E-state index contributed by atoms with van der Waals surface area (Å²) in [4.78, 5) is 27.1. The van der Waals surface area contributed by atoms with Crippen molar-refractivity contribution in [2.45, 2.75) is 38.1 Å². The summed E-state index contributed by atoms with van der Waals surface area (Å²) < 4.78 is 0. The van der Waals surface area contributed by atoms with Crippen LogP contribution in [-0.2, 0) is 4.79 Å². The molecule has 3 N–H and O–H groups in total. The maximum atomic E-state index is 11.9. The number of carboxylic acid groups (broad SMARTS) is 1. The average Bonchev–Trinajstić information content (AvgIpc) is 2.82. The van der Waals surface area contributed by atoms with Gasteiger partial charge in [-0.05, 0) is 18.8 Å². The van der Waals surface area contributed by atoms with Gasteiger partial charge in [-0.2, -0.15) is 5.10 Å². The second kappa shape index (κ2) is 4.75. The third-order valence-electron chi connectivity index (χ3n) is 3.39. The normalized spacial score (nSPS) is 27.7. The summed E-state index contributed by atoms with van der Waals surface area (Å²) in [6.45, 7) is 2.00. The zero-order valence-electron chi connectivity index (χ0n) is 10.1. The SMILES string of the molecule is CC1CCCC(NC(=O)c2ncn[nH]2)(C(=O)O)C1. The predicted octanol–water partition coefficient (Wildman–Crippen LogP) is 0.568. The fourth-order valence-corrected chi connectivity index (χ4v) is 2.50. The fraction of sp³-hybridized carbons (Fsp3) is 0.636. The van der Waals surface area contributed by atoms with Gasteiger partial charge < -0.3 is 10.4 Å². The number of carbonyl (C=O) groups excluding carboxylic acids is 1. The van der Waals surface area contributed by atoms with Gasteiger partial charge in [-0.15, -0.1) is 0 Å². The van der Waals surface area contributed by atoms with Crippen molar-refractivity contribution in [2.75, 3.05) is 0 Å². The number of hydrogen-bond acceptors (Lipinski definition) is 4. The zero-order valence-corrected chi connectivity index (χ0v) is 10.1. The summed E-state index contributed by atoms with van der Waals surface area (Å²) in [5.74, 6) is -1.19. The van der Waals surface area contributed by atoms with E-state index in [4.69, 9.17) is 0 Å². The molecule has 0 bridgehead atoms. The molecule has 1 saturated carbocycles. The van der Waals surface area contributed by atoms with E-state index in [9.17, 15) is 14.7 Å². The van der Waals surface area contributed by atoms with Gasteiger partial charge in [0.05, 0.1) is 0 Å². The Balaban J connectivity index is 2.16. The van der Waals surface area contributed by atoms with E-state index in [1.165, 1.54) is 6.33 Å². The lowest BCUT2D eigenvalue weighted by molar-refractivity contribution is -0.146. The number of carboxylic acids is 1. The van der Waals surface area contributed by atoms with E-state index in [2.05, 4.69) is 20.5 Å². The highest BCUT2D eigenvalue weighted by Gasteiger charge is 2.43. The van der Waals surface area contributed by atoms with Crippen LogP contribution in [0.2, 0.25) is 0 Å². The quantitative estimate of drug-likeness (QED) is 0.728. The van der Waals surface area contributed by atoms with E-state index in [0.717, 1.165) is 12.8 Å². The van der Waals surface area contributed by atoms with Crippen molar-refractivity contribution in [1.29, 1.82) is 0 Å². The standard InChI is InChI=1S/C11H16N4O3/c1-7-3-2-4-11(5-7,10(17)18)14-9(16)8-12-6-13-15-8/h6-7H,2-5H2,1H3,(H,14,16)(H,17,18)(H,12,13,15). The molecule has 1 amide bonds. The molecule has 1 aliphatic carbocycles. The van der Waals surface area contributed by atoms with Crippen LogP contribution < -0.4 is 5.32 Å². The Bertz CT molecular complexity index is 445. The summed E-state index contributed by atoms with van der Waals surface area (Å²) in [5.41, 5.74) is -1.18. The van der Waals surface area contributed by atoms with Gasteiger partial charge in [-0.1, -0.05) is 19.8 Å². The number of rotatable bonds is 3. The molecular weight excluding hydrogens is 236 g/mol. The predicted molar refractivity (Wildman–Crippen MR) is 61.8 cm³/mol. The molecule has 2 unspecified atom stereocenters. The number of aromatic nitrogens is 3. The molecule has 98 valence electrons. The van der Waals surface area contributed by atoms with Gasteiger partial charge in [-0.3, -0.25) is 9.89 Å². The fourth-order valence-electron chi connectivity index (χ4n) is 2.50. The Hall–Kier alpha value is -1.92. The lowest BCUT2D eigenvalue weighted by Gasteiger charge is -2.36. The first kappa shape index (κ1) is 12.5. The maximum Gasteiger partial charge on any atom is 0.329 e. The second-order valence-electron chi connectivity index (χ2n) is 4.88. The van der Waals surface area contributed by atoms with E-state index >= 15 is 0 Å². The Morgan fingerprint density at radius 2 is 2.39 bits per heavy atom. The smallest absolute Gasteiger partial charge is 0.329 e. The van der Waals surface area contributed by atoms with Gasteiger partial charge >= 0.3 is 5.97 Å². The topological polar surface area (TPSA) is 108 Å². The Labute approximate surface area is 104 Å². The molecule has 0 spiro atoms. The van der Waals surface area contributed by atoms with E-state index in [1.807, 2.05) is 6.92 Å². The highest BCUT2D eigenvalue weighted by atomic mass is 16.4. The Morgan fingerprint density at radius 3 is 2.94 bits per heavy atom. The number of aliphatic carboxylic acids is 1. The molecule has 1 heterocycles. The molecule has 2 rings (SSSR count). The first-order valence-corrected chi connectivity index (χ1v) is 5.95. The van der Waals surface area contributed by atoms with E-state index in [-0.39, 0.29) is 11.7 Å². The number of hydrogen-bond donors (Lipinski definition) is 3. The average molecular weight is 252 g/mol. The molecule has 1 fully saturated rings. The third-order valence-corrected chi connectivity index (χ3v) is 3.39. The Kier molecular flexibility index (Phi) is 3.31.